The van der Waals surface area contributed by atoms with E-state index in [2.05, 4.69) is 19.9 Å². The number of nitrogens with zero attached hydrogens (tertiary/aromatic N) is 1. The Balaban J connectivity index is 2.04. The molecule has 1 saturated carbocycles. The van der Waals surface area contributed by atoms with Crippen LogP contribution in [0.25, 0.3) is 0 Å². The van der Waals surface area contributed by atoms with Gasteiger partial charge in [-0.25, -0.2) is 0 Å². The predicted octanol–water partition coefficient (Wildman–Crippen LogP) is 4.42. The molecule has 0 amide bonds. The highest BCUT2D eigenvalue weighted by atomic mass is 35.5. The fraction of sp³-hybridized carbons (Fsp3) is 0.533. The first-order chi connectivity index (χ1) is 8.60. The lowest BCUT2D eigenvalue weighted by Crippen LogP contribution is -2.28. The molecule has 3 atom stereocenters. The van der Waals surface area contributed by atoms with E-state index in [-0.39, 0.29) is 6.10 Å². The third kappa shape index (κ3) is 2.97. The summed E-state index contributed by atoms with van der Waals surface area (Å²) in [6, 6.07) is 7.27. The van der Waals surface area contributed by atoms with Gasteiger partial charge in [-0.1, -0.05) is 25.4 Å². The molecule has 1 aromatic carbocycles. The Morgan fingerprint density at radius 2 is 2.06 bits per heavy atom. The number of ether oxygens (including phenoxy) is 1. The molecule has 0 spiro atoms. The maximum atomic E-state index is 8.79. The SMILES string of the molecule is CC1CCC(Oc2ccc(C#N)cc2Cl)CC1C. The summed E-state index contributed by atoms with van der Waals surface area (Å²) in [5.41, 5.74) is 0.568. The first-order valence-corrected chi connectivity index (χ1v) is 6.84. The number of halogens is 1. The molecule has 2 rings (SSSR count). The average Bonchev–Trinajstić information content (AvgIpc) is 2.36. The molecule has 0 saturated heterocycles. The zero-order chi connectivity index (χ0) is 13.1. The third-order valence-corrected chi connectivity index (χ3v) is 4.20. The monoisotopic (exact) mass is 263 g/mol. The van der Waals surface area contributed by atoms with Crippen molar-refractivity contribution in [3.8, 4) is 11.8 Å². The van der Waals surface area contributed by atoms with Crippen molar-refractivity contribution in [2.75, 3.05) is 0 Å². The van der Waals surface area contributed by atoms with E-state index >= 15 is 0 Å². The predicted molar refractivity (Wildman–Crippen MR) is 72.8 cm³/mol. The van der Waals surface area contributed by atoms with Crippen LogP contribution in [0.5, 0.6) is 5.75 Å². The van der Waals surface area contributed by atoms with Crippen molar-refractivity contribution < 1.29 is 4.74 Å². The Labute approximate surface area is 114 Å². The molecule has 1 aliphatic rings. The topological polar surface area (TPSA) is 33.0 Å². The fourth-order valence-electron chi connectivity index (χ4n) is 2.45. The zero-order valence-electron chi connectivity index (χ0n) is 10.8. The molecule has 0 radical (unpaired) electrons. The molecule has 0 N–H and O–H groups in total. The summed E-state index contributed by atoms with van der Waals surface area (Å²) >= 11 is 6.12. The van der Waals surface area contributed by atoms with Gasteiger partial charge < -0.3 is 4.74 Å². The molecular formula is C15H18ClNO. The van der Waals surface area contributed by atoms with Gasteiger partial charge in [-0.3, -0.25) is 0 Å². The van der Waals surface area contributed by atoms with Gasteiger partial charge in [-0.05, 0) is 49.3 Å². The molecule has 0 heterocycles. The van der Waals surface area contributed by atoms with Gasteiger partial charge >= 0.3 is 0 Å². The van der Waals surface area contributed by atoms with Gasteiger partial charge in [0.2, 0.25) is 0 Å². The van der Waals surface area contributed by atoms with Crippen LogP contribution in [0.1, 0.15) is 38.7 Å². The molecule has 1 aliphatic carbocycles. The summed E-state index contributed by atoms with van der Waals surface area (Å²) in [6.07, 6.45) is 3.63. The van der Waals surface area contributed by atoms with Crippen LogP contribution in [-0.2, 0) is 0 Å². The zero-order valence-corrected chi connectivity index (χ0v) is 11.6. The summed E-state index contributed by atoms with van der Waals surface area (Å²) in [4.78, 5) is 0. The summed E-state index contributed by atoms with van der Waals surface area (Å²) in [7, 11) is 0. The van der Waals surface area contributed by atoms with Gasteiger partial charge in [0.15, 0.2) is 0 Å². The summed E-state index contributed by atoms with van der Waals surface area (Å²) < 4.78 is 5.96. The Bertz CT molecular complexity index is 466. The maximum Gasteiger partial charge on any atom is 0.138 e. The van der Waals surface area contributed by atoms with Crippen molar-refractivity contribution in [1.82, 2.24) is 0 Å². The van der Waals surface area contributed by atoms with Crippen LogP contribution in [0, 0.1) is 23.2 Å². The first-order valence-electron chi connectivity index (χ1n) is 6.46. The second kappa shape index (κ2) is 5.63. The molecule has 0 aliphatic heterocycles. The van der Waals surface area contributed by atoms with Crippen molar-refractivity contribution in [1.29, 1.82) is 5.26 Å². The standard InChI is InChI=1S/C15H18ClNO/c1-10-3-5-13(7-11(10)2)18-15-6-4-12(9-17)8-14(15)16/h4,6,8,10-11,13H,3,5,7H2,1-2H3. The van der Waals surface area contributed by atoms with Gasteiger partial charge in [0, 0.05) is 0 Å². The summed E-state index contributed by atoms with van der Waals surface area (Å²) in [5.74, 6) is 2.17. The molecule has 0 aromatic heterocycles. The molecule has 1 aromatic rings. The molecule has 2 nitrogen and oxygen atoms in total. The van der Waals surface area contributed by atoms with Crippen LogP contribution >= 0.6 is 11.6 Å². The fourth-order valence-corrected chi connectivity index (χ4v) is 2.68. The summed E-state index contributed by atoms with van der Waals surface area (Å²) in [5, 5.41) is 9.32. The van der Waals surface area contributed by atoms with Gasteiger partial charge in [-0.15, -0.1) is 0 Å². The van der Waals surface area contributed by atoms with Crippen molar-refractivity contribution >= 4 is 11.6 Å². The highest BCUT2D eigenvalue weighted by Crippen LogP contribution is 2.34. The largest absolute Gasteiger partial charge is 0.489 e. The number of hydrogen-bond acceptors (Lipinski definition) is 2. The number of nitriles is 1. The Hall–Kier alpha value is -1.20. The van der Waals surface area contributed by atoms with E-state index < -0.39 is 0 Å². The van der Waals surface area contributed by atoms with E-state index in [0.717, 1.165) is 18.8 Å². The van der Waals surface area contributed by atoms with Crippen LogP contribution in [0.4, 0.5) is 0 Å². The van der Waals surface area contributed by atoms with Crippen LogP contribution in [-0.4, -0.2) is 6.10 Å². The smallest absolute Gasteiger partial charge is 0.138 e. The van der Waals surface area contributed by atoms with Crippen molar-refractivity contribution in [2.45, 2.75) is 39.2 Å². The lowest BCUT2D eigenvalue weighted by atomic mass is 9.80. The minimum atomic E-state index is 0.252. The lowest BCUT2D eigenvalue weighted by Gasteiger charge is -2.32. The summed E-state index contributed by atoms with van der Waals surface area (Å²) in [6.45, 7) is 4.58. The minimum Gasteiger partial charge on any atom is -0.489 e. The normalized spacial score (nSPS) is 27.6. The quantitative estimate of drug-likeness (QED) is 0.792. The Kier molecular flexibility index (Phi) is 4.14. The minimum absolute atomic E-state index is 0.252. The molecular weight excluding hydrogens is 246 g/mol. The molecule has 96 valence electrons. The van der Waals surface area contributed by atoms with Crippen LogP contribution in [0.15, 0.2) is 18.2 Å². The Morgan fingerprint density at radius 1 is 1.28 bits per heavy atom. The lowest BCUT2D eigenvalue weighted by molar-refractivity contribution is 0.101. The van der Waals surface area contributed by atoms with Crippen molar-refractivity contribution in [2.24, 2.45) is 11.8 Å². The van der Waals surface area contributed by atoms with Crippen molar-refractivity contribution in [3.63, 3.8) is 0 Å². The average molecular weight is 264 g/mol. The third-order valence-electron chi connectivity index (χ3n) is 3.90. The van der Waals surface area contributed by atoms with Crippen LogP contribution < -0.4 is 4.74 Å². The van der Waals surface area contributed by atoms with E-state index in [1.807, 2.05) is 0 Å². The molecule has 3 heteroatoms. The van der Waals surface area contributed by atoms with E-state index in [0.29, 0.717) is 22.3 Å². The second-order valence-corrected chi connectivity index (χ2v) is 5.67. The Morgan fingerprint density at radius 3 is 2.67 bits per heavy atom. The molecule has 0 bridgehead atoms. The van der Waals surface area contributed by atoms with Crippen LogP contribution in [0.2, 0.25) is 5.02 Å². The van der Waals surface area contributed by atoms with Crippen LogP contribution in [0.3, 0.4) is 0 Å². The highest BCUT2D eigenvalue weighted by molar-refractivity contribution is 6.32. The number of hydrogen-bond donors (Lipinski definition) is 0. The maximum absolute atomic E-state index is 8.79. The molecule has 1 fully saturated rings. The van der Waals surface area contributed by atoms with E-state index in [9.17, 15) is 0 Å². The number of benzene rings is 1. The van der Waals surface area contributed by atoms with E-state index in [4.69, 9.17) is 21.6 Å². The van der Waals surface area contributed by atoms with Crippen molar-refractivity contribution in [3.05, 3.63) is 28.8 Å². The number of rotatable bonds is 2. The van der Waals surface area contributed by atoms with Gasteiger partial charge in [0.25, 0.3) is 0 Å². The first kappa shape index (κ1) is 13.2. The van der Waals surface area contributed by atoms with Gasteiger partial charge in [-0.2, -0.15) is 5.26 Å². The van der Waals surface area contributed by atoms with Gasteiger partial charge in [0.1, 0.15) is 5.75 Å². The molecule has 18 heavy (non-hydrogen) atoms. The second-order valence-electron chi connectivity index (χ2n) is 5.26. The highest BCUT2D eigenvalue weighted by Gasteiger charge is 2.26. The molecule has 3 unspecified atom stereocenters. The van der Waals surface area contributed by atoms with Gasteiger partial charge in [0.05, 0.1) is 22.8 Å². The van der Waals surface area contributed by atoms with E-state index in [1.54, 1.807) is 18.2 Å². The van der Waals surface area contributed by atoms with E-state index in [1.165, 1.54) is 6.42 Å².